The molecule has 220 valence electrons. The normalized spacial score (nSPS) is 11.8. The average molecular weight is 565 g/mol. The molecule has 1 rings (SSSR count). The molecule has 2 nitrogen and oxygen atoms in total. The van der Waals surface area contributed by atoms with Crippen LogP contribution in [0.5, 0.6) is 0 Å². The van der Waals surface area contributed by atoms with Gasteiger partial charge in [-0.05, 0) is 19.5 Å². The van der Waals surface area contributed by atoms with Crippen LogP contribution in [0.4, 0.5) is 22.0 Å². The van der Waals surface area contributed by atoms with E-state index in [4.69, 9.17) is 4.43 Å². The van der Waals surface area contributed by atoms with Gasteiger partial charge in [0.05, 0.1) is 5.19 Å². The number of unbranched alkanes of at least 4 members (excludes halogenated alkanes) is 18. The zero-order valence-electron chi connectivity index (χ0n) is 23.8. The Bertz CT molecular complexity index is 787. The van der Waals surface area contributed by atoms with Gasteiger partial charge in [-0.1, -0.05) is 122 Å². The Hall–Kier alpha value is -1.44. The molecule has 0 heterocycles. The van der Waals surface area contributed by atoms with Crippen molar-refractivity contribution >= 4 is 19.5 Å². The first kappa shape index (κ1) is 34.6. The lowest BCUT2D eigenvalue weighted by Gasteiger charge is -2.24. The van der Waals surface area contributed by atoms with E-state index in [0.29, 0.717) is 6.42 Å². The van der Waals surface area contributed by atoms with Crippen LogP contribution in [0, 0.1) is 29.1 Å². The van der Waals surface area contributed by atoms with Crippen molar-refractivity contribution < 1.29 is 31.2 Å². The number of hydrogen-bond donors (Lipinski definition) is 0. The Morgan fingerprint density at radius 1 is 0.526 bits per heavy atom. The first-order valence-electron chi connectivity index (χ1n) is 14.9. The monoisotopic (exact) mass is 564 g/mol. The van der Waals surface area contributed by atoms with Crippen LogP contribution in [0.25, 0.3) is 0 Å². The summed E-state index contributed by atoms with van der Waals surface area (Å²) >= 11 is 0. The molecule has 0 N–H and O–H groups in total. The fourth-order valence-electron chi connectivity index (χ4n) is 4.87. The molecule has 0 fully saturated rings. The van der Waals surface area contributed by atoms with E-state index in [9.17, 15) is 26.7 Å². The maximum absolute atomic E-state index is 14.1. The lowest BCUT2D eigenvalue weighted by molar-refractivity contribution is -0.135. The fraction of sp³-hybridized carbons (Fsp3) is 0.767. The van der Waals surface area contributed by atoms with E-state index in [2.05, 4.69) is 6.92 Å². The molecule has 0 aliphatic rings. The molecule has 1 aromatic carbocycles. The number of carbonyl (C=O) groups is 1. The second-order valence-electron chi connectivity index (χ2n) is 11.0. The van der Waals surface area contributed by atoms with E-state index in [1.807, 2.05) is 0 Å². The SMILES string of the molecule is CCCCCCCCCCCCCCCCCCCCCC(=O)O[Si](C)(C)c1c(F)c(F)c(F)c(F)c1F. The van der Waals surface area contributed by atoms with Gasteiger partial charge in [0.2, 0.25) is 5.82 Å². The van der Waals surface area contributed by atoms with Crippen LogP contribution < -0.4 is 5.19 Å². The molecule has 0 aliphatic carbocycles. The Morgan fingerprint density at radius 3 is 1.16 bits per heavy atom. The van der Waals surface area contributed by atoms with Crippen LogP contribution in [0.15, 0.2) is 0 Å². The van der Waals surface area contributed by atoms with Crippen LogP contribution in [-0.4, -0.2) is 14.3 Å². The highest BCUT2D eigenvalue weighted by molar-refractivity contribution is 6.85. The second kappa shape index (κ2) is 19.6. The molecule has 0 amide bonds. The van der Waals surface area contributed by atoms with Crippen molar-refractivity contribution in [3.8, 4) is 0 Å². The topological polar surface area (TPSA) is 26.3 Å². The largest absolute Gasteiger partial charge is 0.515 e. The van der Waals surface area contributed by atoms with Gasteiger partial charge in [-0.25, -0.2) is 22.0 Å². The van der Waals surface area contributed by atoms with Gasteiger partial charge in [-0.2, -0.15) is 0 Å². The molecule has 0 saturated carbocycles. The van der Waals surface area contributed by atoms with Crippen molar-refractivity contribution in [1.82, 2.24) is 0 Å². The summed E-state index contributed by atoms with van der Waals surface area (Å²) in [6.45, 7) is 4.75. The average Bonchev–Trinajstić information content (AvgIpc) is 2.87. The van der Waals surface area contributed by atoms with Crippen LogP contribution in [0.3, 0.4) is 0 Å². The summed E-state index contributed by atoms with van der Waals surface area (Å²) in [5.41, 5.74) is 0. The number of halogens is 5. The number of hydrogen-bond acceptors (Lipinski definition) is 2. The summed E-state index contributed by atoms with van der Waals surface area (Å²) in [5.74, 6) is -10.8. The van der Waals surface area contributed by atoms with Gasteiger partial charge >= 0.3 is 0 Å². The number of rotatable bonds is 22. The van der Waals surface area contributed by atoms with E-state index in [1.165, 1.54) is 109 Å². The smallest absolute Gasteiger partial charge is 0.292 e. The zero-order valence-corrected chi connectivity index (χ0v) is 24.8. The first-order valence-corrected chi connectivity index (χ1v) is 17.8. The maximum atomic E-state index is 14.1. The van der Waals surface area contributed by atoms with Crippen molar-refractivity contribution in [3.05, 3.63) is 29.1 Å². The van der Waals surface area contributed by atoms with Crippen molar-refractivity contribution in [1.29, 1.82) is 0 Å². The third-order valence-electron chi connectivity index (χ3n) is 7.17. The molecule has 0 radical (unpaired) electrons. The molecule has 0 aliphatic heterocycles. The summed E-state index contributed by atoms with van der Waals surface area (Å²) in [5, 5.41) is -1.00. The molecular weight excluding hydrogens is 515 g/mol. The highest BCUT2D eigenvalue weighted by atomic mass is 28.4. The number of benzene rings is 1. The van der Waals surface area contributed by atoms with Gasteiger partial charge in [-0.3, -0.25) is 4.79 Å². The lowest BCUT2D eigenvalue weighted by atomic mass is 10.0. The van der Waals surface area contributed by atoms with Gasteiger partial charge in [-0.15, -0.1) is 0 Å². The van der Waals surface area contributed by atoms with Crippen molar-refractivity contribution in [2.45, 2.75) is 148 Å². The van der Waals surface area contributed by atoms with E-state index in [-0.39, 0.29) is 6.42 Å². The lowest BCUT2D eigenvalue weighted by Crippen LogP contribution is -2.51. The van der Waals surface area contributed by atoms with Gasteiger partial charge in [0.1, 0.15) is 0 Å². The predicted molar refractivity (Wildman–Crippen MR) is 147 cm³/mol. The highest BCUT2D eigenvalue weighted by Crippen LogP contribution is 2.21. The molecule has 1 aromatic rings. The summed E-state index contributed by atoms with van der Waals surface area (Å²) in [6.07, 6.45) is 23.6. The third kappa shape index (κ3) is 13.1. The summed E-state index contributed by atoms with van der Waals surface area (Å²) in [4.78, 5) is 12.2. The van der Waals surface area contributed by atoms with Crippen LogP contribution in [-0.2, 0) is 9.22 Å². The highest BCUT2D eigenvalue weighted by Gasteiger charge is 2.40. The van der Waals surface area contributed by atoms with Crippen LogP contribution >= 0.6 is 0 Å². The quantitative estimate of drug-likeness (QED) is 0.0460. The summed E-state index contributed by atoms with van der Waals surface area (Å²) < 4.78 is 73.8. The van der Waals surface area contributed by atoms with E-state index in [1.54, 1.807) is 0 Å². The summed E-state index contributed by atoms with van der Waals surface area (Å²) in [7, 11) is -3.68. The molecule has 0 unspecified atom stereocenters. The Kier molecular flexibility index (Phi) is 17.8. The van der Waals surface area contributed by atoms with Crippen LogP contribution in [0.2, 0.25) is 13.1 Å². The molecule has 0 atom stereocenters. The van der Waals surface area contributed by atoms with E-state index < -0.39 is 48.6 Å². The zero-order chi connectivity index (χ0) is 28.4. The third-order valence-corrected chi connectivity index (χ3v) is 9.55. The second-order valence-corrected chi connectivity index (χ2v) is 14.8. The van der Waals surface area contributed by atoms with Crippen molar-refractivity contribution in [3.63, 3.8) is 0 Å². The first-order chi connectivity index (χ1) is 18.1. The maximum Gasteiger partial charge on any atom is 0.292 e. The molecule has 0 spiro atoms. The molecule has 0 bridgehead atoms. The standard InChI is InChI=1S/C30H49F5O2Si/c1-4-5-6-7-8-9-10-11-12-13-14-15-16-17-18-19-20-21-22-23-24(36)37-38(2,3)30-28(34)26(32)25(31)27(33)29(30)35/h4-23H2,1-3H3. The summed E-state index contributed by atoms with van der Waals surface area (Å²) in [6, 6.07) is 0. The Morgan fingerprint density at radius 2 is 0.816 bits per heavy atom. The minimum Gasteiger partial charge on any atom is -0.515 e. The fourth-order valence-corrected chi connectivity index (χ4v) is 6.92. The molecule has 8 heteroatoms. The van der Waals surface area contributed by atoms with Crippen LogP contribution in [0.1, 0.15) is 135 Å². The molecular formula is C30H49F5O2Si. The molecule has 0 aromatic heterocycles. The minimum atomic E-state index is -3.68. The Balaban J connectivity index is 2.05. The van der Waals surface area contributed by atoms with Crippen molar-refractivity contribution in [2.75, 3.05) is 0 Å². The van der Waals surface area contributed by atoms with Gasteiger partial charge in [0.15, 0.2) is 23.3 Å². The van der Waals surface area contributed by atoms with E-state index in [0.717, 1.165) is 19.3 Å². The molecule has 38 heavy (non-hydrogen) atoms. The predicted octanol–water partition coefficient (Wildman–Crippen LogP) is 10.2. The van der Waals surface area contributed by atoms with Crippen molar-refractivity contribution in [2.24, 2.45) is 0 Å². The number of carbonyl (C=O) groups excluding carboxylic acids is 1. The van der Waals surface area contributed by atoms with Gasteiger partial charge < -0.3 is 4.43 Å². The van der Waals surface area contributed by atoms with E-state index >= 15 is 0 Å². The minimum absolute atomic E-state index is 0.0602. The Labute approximate surface area is 228 Å². The van der Waals surface area contributed by atoms with Gasteiger partial charge in [0, 0.05) is 6.42 Å². The van der Waals surface area contributed by atoms with Gasteiger partial charge in [0.25, 0.3) is 14.3 Å². The molecule has 0 saturated heterocycles.